The fourth-order valence-corrected chi connectivity index (χ4v) is 4.17. The highest BCUT2D eigenvalue weighted by Gasteiger charge is 2.40. The lowest BCUT2D eigenvalue weighted by Crippen LogP contribution is -2.22. The van der Waals surface area contributed by atoms with Crippen LogP contribution in [0.5, 0.6) is 0 Å². The fourth-order valence-electron chi connectivity index (χ4n) is 1.99. The number of halogens is 3. The molecule has 1 aliphatic rings. The van der Waals surface area contributed by atoms with Gasteiger partial charge in [0.25, 0.3) is 0 Å². The second-order valence-corrected chi connectivity index (χ2v) is 6.46. The second-order valence-electron chi connectivity index (χ2n) is 4.14. The Morgan fingerprint density at radius 2 is 1.76 bits per heavy atom. The summed E-state index contributed by atoms with van der Waals surface area (Å²) in [6.07, 6.45) is -0.457. The van der Waals surface area contributed by atoms with Gasteiger partial charge in [-0.25, -0.2) is 0 Å². The lowest BCUT2D eigenvalue weighted by molar-refractivity contribution is -0.155. The Bertz CT molecular complexity index is 274. The predicted molar refractivity (Wildman–Crippen MR) is 58.1 cm³/mol. The van der Waals surface area contributed by atoms with E-state index in [-0.39, 0.29) is 12.3 Å². The standard InChI is InChI=1S/C10H18F3O3P/c1-2-15-17(14,16-8-10(11,12)13)9-6-4-3-5-7-9/h9H,2-8H2,1H3. The summed E-state index contributed by atoms with van der Waals surface area (Å²) in [6.45, 7) is 0.207. The summed E-state index contributed by atoms with van der Waals surface area (Å²) in [7, 11) is -3.61. The average molecular weight is 274 g/mol. The summed E-state index contributed by atoms with van der Waals surface area (Å²) in [5, 5.41) is 0. The zero-order chi connectivity index (χ0) is 12.9. The van der Waals surface area contributed by atoms with Gasteiger partial charge in [-0.1, -0.05) is 19.3 Å². The molecule has 0 aliphatic heterocycles. The molecule has 1 fully saturated rings. The molecule has 1 atom stereocenters. The Morgan fingerprint density at radius 3 is 2.24 bits per heavy atom. The minimum Gasteiger partial charge on any atom is -0.309 e. The van der Waals surface area contributed by atoms with Crippen molar-refractivity contribution in [3.8, 4) is 0 Å². The first-order chi connectivity index (χ1) is 7.87. The van der Waals surface area contributed by atoms with Gasteiger partial charge >= 0.3 is 13.8 Å². The van der Waals surface area contributed by atoms with Gasteiger partial charge in [0, 0.05) is 0 Å². The number of hydrogen-bond donors (Lipinski definition) is 0. The number of rotatable bonds is 5. The molecule has 102 valence electrons. The molecule has 3 nitrogen and oxygen atoms in total. The van der Waals surface area contributed by atoms with Gasteiger partial charge in [0.15, 0.2) is 6.61 Å². The first-order valence-electron chi connectivity index (χ1n) is 5.83. The van der Waals surface area contributed by atoms with Crippen molar-refractivity contribution in [3.63, 3.8) is 0 Å². The van der Waals surface area contributed by atoms with Crippen LogP contribution in [0, 0.1) is 0 Å². The van der Waals surface area contributed by atoms with Crippen LogP contribution >= 0.6 is 7.60 Å². The molecular formula is C10H18F3O3P. The summed E-state index contributed by atoms with van der Waals surface area (Å²) >= 11 is 0. The molecule has 1 saturated carbocycles. The molecule has 0 aromatic rings. The number of alkyl halides is 3. The third kappa shape index (κ3) is 4.98. The highest BCUT2D eigenvalue weighted by atomic mass is 31.2. The van der Waals surface area contributed by atoms with Gasteiger partial charge < -0.3 is 4.52 Å². The van der Waals surface area contributed by atoms with Crippen LogP contribution in [0.2, 0.25) is 0 Å². The van der Waals surface area contributed by atoms with Crippen LogP contribution in [0.25, 0.3) is 0 Å². The van der Waals surface area contributed by atoms with Gasteiger partial charge in [0.1, 0.15) is 0 Å². The Labute approximate surface area is 99.2 Å². The van der Waals surface area contributed by atoms with E-state index >= 15 is 0 Å². The maximum atomic E-state index is 12.3. The van der Waals surface area contributed by atoms with Crippen LogP contribution in [0.4, 0.5) is 13.2 Å². The lowest BCUT2D eigenvalue weighted by Gasteiger charge is -2.29. The van der Waals surface area contributed by atoms with Crippen LogP contribution in [0.1, 0.15) is 39.0 Å². The molecule has 0 saturated heterocycles. The first kappa shape index (κ1) is 15.0. The van der Waals surface area contributed by atoms with Crippen LogP contribution < -0.4 is 0 Å². The van der Waals surface area contributed by atoms with Crippen LogP contribution in [0.15, 0.2) is 0 Å². The van der Waals surface area contributed by atoms with E-state index in [0.29, 0.717) is 12.8 Å². The topological polar surface area (TPSA) is 35.5 Å². The minimum atomic E-state index is -4.47. The Morgan fingerprint density at radius 1 is 1.18 bits per heavy atom. The zero-order valence-corrected chi connectivity index (χ0v) is 10.7. The van der Waals surface area contributed by atoms with Gasteiger partial charge in [-0.05, 0) is 19.8 Å². The van der Waals surface area contributed by atoms with Gasteiger partial charge in [-0.2, -0.15) is 13.2 Å². The zero-order valence-electron chi connectivity index (χ0n) is 9.83. The molecule has 0 aromatic carbocycles. The molecule has 1 unspecified atom stereocenters. The van der Waals surface area contributed by atoms with Gasteiger partial charge in [0.2, 0.25) is 0 Å². The second kappa shape index (κ2) is 6.21. The van der Waals surface area contributed by atoms with Crippen molar-refractivity contribution < 1.29 is 26.8 Å². The molecule has 0 heterocycles. The summed E-state index contributed by atoms with van der Waals surface area (Å²) in [4.78, 5) is 0. The molecule has 0 radical (unpaired) electrons. The quantitative estimate of drug-likeness (QED) is 0.707. The highest BCUT2D eigenvalue weighted by molar-refractivity contribution is 7.54. The molecule has 17 heavy (non-hydrogen) atoms. The maximum Gasteiger partial charge on any atom is 0.412 e. The van der Waals surface area contributed by atoms with E-state index in [1.807, 2.05) is 0 Å². The molecule has 1 aliphatic carbocycles. The highest BCUT2D eigenvalue weighted by Crippen LogP contribution is 2.57. The van der Waals surface area contributed by atoms with Crippen molar-refractivity contribution in [2.45, 2.75) is 50.9 Å². The average Bonchev–Trinajstić information content (AvgIpc) is 2.27. The predicted octanol–water partition coefficient (Wildman–Crippen LogP) is 4.13. The van der Waals surface area contributed by atoms with Crippen molar-refractivity contribution in [2.24, 2.45) is 0 Å². The molecule has 0 aromatic heterocycles. The van der Waals surface area contributed by atoms with Gasteiger partial charge in [-0.15, -0.1) is 0 Å². The third-order valence-electron chi connectivity index (χ3n) is 2.74. The lowest BCUT2D eigenvalue weighted by atomic mass is 10.0. The largest absolute Gasteiger partial charge is 0.412 e. The molecule has 0 amide bonds. The summed E-state index contributed by atoms with van der Waals surface area (Å²) in [5.41, 5.74) is -0.376. The van der Waals surface area contributed by atoms with Crippen molar-refractivity contribution in [2.75, 3.05) is 13.2 Å². The Balaban J connectivity index is 2.63. The SMILES string of the molecule is CCOP(=O)(OCC(F)(F)F)C1CCCCC1. The normalized spacial score (nSPS) is 22.4. The fraction of sp³-hybridized carbons (Fsp3) is 1.00. The Hall–Kier alpha value is -0.0600. The van der Waals surface area contributed by atoms with E-state index in [1.165, 1.54) is 0 Å². The first-order valence-corrected chi connectivity index (χ1v) is 7.44. The number of hydrogen-bond acceptors (Lipinski definition) is 3. The van der Waals surface area contributed by atoms with Crippen molar-refractivity contribution in [3.05, 3.63) is 0 Å². The van der Waals surface area contributed by atoms with Crippen molar-refractivity contribution in [1.29, 1.82) is 0 Å². The molecule has 7 heteroatoms. The molecular weight excluding hydrogens is 256 g/mol. The van der Waals surface area contributed by atoms with Gasteiger partial charge in [0.05, 0.1) is 12.3 Å². The summed E-state index contributed by atoms with van der Waals surface area (Å²) in [6, 6.07) is 0. The van der Waals surface area contributed by atoms with E-state index in [9.17, 15) is 17.7 Å². The summed E-state index contributed by atoms with van der Waals surface area (Å²) in [5.74, 6) is 0. The smallest absolute Gasteiger partial charge is 0.309 e. The third-order valence-corrected chi connectivity index (χ3v) is 5.26. The van der Waals surface area contributed by atoms with Crippen LogP contribution in [0.3, 0.4) is 0 Å². The monoisotopic (exact) mass is 274 g/mol. The molecule has 1 rings (SSSR count). The van der Waals surface area contributed by atoms with E-state index in [0.717, 1.165) is 19.3 Å². The van der Waals surface area contributed by atoms with E-state index in [4.69, 9.17) is 4.52 Å². The minimum absolute atomic E-state index is 0.103. The van der Waals surface area contributed by atoms with Crippen molar-refractivity contribution in [1.82, 2.24) is 0 Å². The van der Waals surface area contributed by atoms with Crippen LogP contribution in [-0.4, -0.2) is 25.0 Å². The van der Waals surface area contributed by atoms with Crippen molar-refractivity contribution >= 4 is 7.60 Å². The molecule has 0 N–H and O–H groups in total. The molecule has 0 spiro atoms. The van der Waals surface area contributed by atoms with E-state index < -0.39 is 20.4 Å². The van der Waals surface area contributed by atoms with Gasteiger partial charge in [-0.3, -0.25) is 9.09 Å². The van der Waals surface area contributed by atoms with E-state index in [2.05, 4.69) is 4.52 Å². The van der Waals surface area contributed by atoms with E-state index in [1.54, 1.807) is 6.92 Å². The maximum absolute atomic E-state index is 12.3. The van der Waals surface area contributed by atoms with Crippen LogP contribution in [-0.2, 0) is 13.6 Å². The summed E-state index contributed by atoms with van der Waals surface area (Å²) < 4.78 is 58.1. The Kier molecular flexibility index (Phi) is 5.48. The molecule has 0 bridgehead atoms.